The van der Waals surface area contributed by atoms with Gasteiger partial charge in [0, 0.05) is 33.1 Å². The average Bonchev–Trinajstić information content (AvgIpc) is 3.48. The molecule has 1 fully saturated rings. The monoisotopic (exact) mass is 397 g/mol. The van der Waals surface area contributed by atoms with Gasteiger partial charge in [-0.15, -0.1) is 11.8 Å². The largest absolute Gasteiger partial charge is 0.335 e. The first kappa shape index (κ1) is 20.3. The third kappa shape index (κ3) is 5.76. The summed E-state index contributed by atoms with van der Waals surface area (Å²) in [6.45, 7) is 6.39. The Morgan fingerprint density at radius 1 is 1.11 bits per heavy atom. The zero-order valence-electron chi connectivity index (χ0n) is 16.5. The van der Waals surface area contributed by atoms with Crippen LogP contribution in [-0.2, 0) is 0 Å². The molecule has 0 bridgehead atoms. The Labute approximate surface area is 170 Å². The van der Waals surface area contributed by atoms with Crippen molar-refractivity contribution >= 4 is 35.1 Å². The van der Waals surface area contributed by atoms with E-state index in [9.17, 15) is 9.59 Å². The van der Waals surface area contributed by atoms with Crippen molar-refractivity contribution in [1.29, 1.82) is 0 Å². The minimum absolute atomic E-state index is 0.167. The SMILES string of the molecule is CCC(C)Sc1ccc(NC(=O)c2ccc(NC(=O)NC3CC3)cc2)c(C)c1. The van der Waals surface area contributed by atoms with Crippen LogP contribution in [0.1, 0.15) is 49.0 Å². The highest BCUT2D eigenvalue weighted by Crippen LogP contribution is 2.28. The van der Waals surface area contributed by atoms with Gasteiger partial charge in [-0.05, 0) is 74.2 Å². The summed E-state index contributed by atoms with van der Waals surface area (Å²) >= 11 is 1.84. The van der Waals surface area contributed by atoms with E-state index in [4.69, 9.17) is 0 Å². The Morgan fingerprint density at radius 3 is 2.43 bits per heavy atom. The summed E-state index contributed by atoms with van der Waals surface area (Å²) < 4.78 is 0. The van der Waals surface area contributed by atoms with E-state index in [2.05, 4.69) is 35.9 Å². The maximum absolute atomic E-state index is 12.5. The number of carbonyl (C=O) groups excluding carboxylic acids is 2. The number of rotatable bonds is 7. The van der Waals surface area contributed by atoms with Crippen molar-refractivity contribution in [3.05, 3.63) is 53.6 Å². The van der Waals surface area contributed by atoms with Crippen molar-refractivity contribution in [3.8, 4) is 0 Å². The summed E-state index contributed by atoms with van der Waals surface area (Å²) in [5.74, 6) is -0.167. The predicted octanol–water partition coefficient (Wildman–Crippen LogP) is 5.42. The first-order valence-electron chi connectivity index (χ1n) is 9.71. The first-order chi connectivity index (χ1) is 13.4. The maximum Gasteiger partial charge on any atom is 0.319 e. The fourth-order valence-corrected chi connectivity index (χ4v) is 3.67. The number of hydrogen-bond donors (Lipinski definition) is 3. The van der Waals surface area contributed by atoms with Gasteiger partial charge in [-0.3, -0.25) is 4.79 Å². The van der Waals surface area contributed by atoms with Gasteiger partial charge in [0.2, 0.25) is 0 Å². The molecule has 3 amide bonds. The minimum atomic E-state index is -0.203. The molecule has 2 aromatic carbocycles. The van der Waals surface area contributed by atoms with E-state index in [0.717, 1.165) is 30.5 Å². The second-order valence-electron chi connectivity index (χ2n) is 7.22. The lowest BCUT2D eigenvalue weighted by molar-refractivity contribution is 0.102. The molecular weight excluding hydrogens is 370 g/mol. The van der Waals surface area contributed by atoms with Gasteiger partial charge < -0.3 is 16.0 Å². The van der Waals surface area contributed by atoms with Crippen molar-refractivity contribution in [2.75, 3.05) is 10.6 Å². The van der Waals surface area contributed by atoms with E-state index < -0.39 is 0 Å². The van der Waals surface area contributed by atoms with Crippen LogP contribution in [-0.4, -0.2) is 23.2 Å². The Morgan fingerprint density at radius 2 is 1.82 bits per heavy atom. The van der Waals surface area contributed by atoms with Crippen LogP contribution in [0.4, 0.5) is 16.2 Å². The molecule has 1 unspecified atom stereocenters. The summed E-state index contributed by atoms with van der Waals surface area (Å²) in [5.41, 5.74) is 3.06. The normalized spacial score (nSPS) is 14.2. The predicted molar refractivity (Wildman–Crippen MR) is 116 cm³/mol. The Kier molecular flexibility index (Phi) is 6.62. The van der Waals surface area contributed by atoms with Crippen molar-refractivity contribution in [2.24, 2.45) is 0 Å². The van der Waals surface area contributed by atoms with Crippen molar-refractivity contribution in [1.82, 2.24) is 5.32 Å². The van der Waals surface area contributed by atoms with Crippen LogP contribution in [0.25, 0.3) is 0 Å². The highest BCUT2D eigenvalue weighted by atomic mass is 32.2. The van der Waals surface area contributed by atoms with Crippen LogP contribution in [0.5, 0.6) is 0 Å². The van der Waals surface area contributed by atoms with E-state index >= 15 is 0 Å². The van der Waals surface area contributed by atoms with Crippen molar-refractivity contribution in [2.45, 2.75) is 56.2 Å². The lowest BCUT2D eigenvalue weighted by Gasteiger charge is -2.13. The molecule has 0 radical (unpaired) electrons. The molecule has 0 saturated heterocycles. The summed E-state index contributed by atoms with van der Waals surface area (Å²) in [5, 5.41) is 9.18. The molecule has 0 spiro atoms. The summed E-state index contributed by atoms with van der Waals surface area (Å²) in [6, 6.07) is 13.1. The third-order valence-electron chi connectivity index (χ3n) is 4.68. The molecule has 28 heavy (non-hydrogen) atoms. The Balaban J connectivity index is 1.58. The third-order valence-corrected chi connectivity index (χ3v) is 5.94. The molecule has 2 aromatic rings. The number of urea groups is 1. The zero-order valence-corrected chi connectivity index (χ0v) is 17.4. The Bertz CT molecular complexity index is 847. The molecule has 3 N–H and O–H groups in total. The highest BCUT2D eigenvalue weighted by molar-refractivity contribution is 7.99. The van der Waals surface area contributed by atoms with Gasteiger partial charge in [0.1, 0.15) is 0 Å². The fraction of sp³-hybridized carbons (Fsp3) is 0.364. The summed E-state index contributed by atoms with van der Waals surface area (Å²) in [6.07, 6.45) is 3.21. The van der Waals surface area contributed by atoms with Crippen LogP contribution in [0.2, 0.25) is 0 Å². The van der Waals surface area contributed by atoms with Gasteiger partial charge in [-0.1, -0.05) is 13.8 Å². The minimum Gasteiger partial charge on any atom is -0.335 e. The zero-order chi connectivity index (χ0) is 20.1. The molecule has 1 atom stereocenters. The van der Waals surface area contributed by atoms with E-state index in [0.29, 0.717) is 22.5 Å². The topological polar surface area (TPSA) is 70.2 Å². The van der Waals surface area contributed by atoms with Crippen LogP contribution in [0, 0.1) is 6.92 Å². The van der Waals surface area contributed by atoms with Gasteiger partial charge in [-0.2, -0.15) is 0 Å². The second-order valence-corrected chi connectivity index (χ2v) is 8.73. The number of amides is 3. The van der Waals surface area contributed by atoms with Gasteiger partial charge in [-0.25, -0.2) is 4.79 Å². The molecule has 0 aliphatic heterocycles. The van der Waals surface area contributed by atoms with Gasteiger partial charge in [0.15, 0.2) is 0 Å². The van der Waals surface area contributed by atoms with Crippen molar-refractivity contribution < 1.29 is 9.59 Å². The summed E-state index contributed by atoms with van der Waals surface area (Å²) in [7, 11) is 0. The molecule has 148 valence electrons. The lowest BCUT2D eigenvalue weighted by atomic mass is 10.1. The lowest BCUT2D eigenvalue weighted by Crippen LogP contribution is -2.30. The quantitative estimate of drug-likeness (QED) is 0.546. The second kappa shape index (κ2) is 9.15. The van der Waals surface area contributed by atoms with E-state index in [-0.39, 0.29) is 11.9 Å². The number of benzene rings is 2. The van der Waals surface area contributed by atoms with Crippen LogP contribution < -0.4 is 16.0 Å². The molecule has 1 aliphatic carbocycles. The highest BCUT2D eigenvalue weighted by Gasteiger charge is 2.23. The molecule has 3 rings (SSSR count). The van der Waals surface area contributed by atoms with Crippen molar-refractivity contribution in [3.63, 3.8) is 0 Å². The number of hydrogen-bond acceptors (Lipinski definition) is 3. The molecule has 6 heteroatoms. The number of nitrogens with one attached hydrogen (secondary N) is 3. The van der Waals surface area contributed by atoms with Gasteiger partial charge in [0.25, 0.3) is 5.91 Å². The number of thioether (sulfide) groups is 1. The van der Waals surface area contributed by atoms with E-state index in [1.165, 1.54) is 4.90 Å². The number of anilines is 2. The fourth-order valence-electron chi connectivity index (χ4n) is 2.65. The number of aryl methyl sites for hydroxylation is 1. The van der Waals surface area contributed by atoms with Crippen LogP contribution in [0.3, 0.4) is 0 Å². The van der Waals surface area contributed by atoms with E-state index in [1.807, 2.05) is 30.8 Å². The molecule has 5 nitrogen and oxygen atoms in total. The number of carbonyl (C=O) groups is 2. The Hall–Kier alpha value is -2.47. The van der Waals surface area contributed by atoms with Gasteiger partial charge >= 0.3 is 6.03 Å². The molecule has 0 heterocycles. The average molecular weight is 398 g/mol. The van der Waals surface area contributed by atoms with Crippen LogP contribution >= 0.6 is 11.8 Å². The standard InChI is InChI=1S/C22H27N3O2S/c1-4-15(3)28-19-11-12-20(14(2)13-19)25-21(26)16-5-7-17(8-6-16)23-22(27)24-18-9-10-18/h5-8,11-13,15,18H,4,9-10H2,1-3H3,(H,25,26)(H2,23,24,27). The molecule has 1 aliphatic rings. The molecule has 1 saturated carbocycles. The maximum atomic E-state index is 12.5. The summed E-state index contributed by atoms with van der Waals surface area (Å²) in [4.78, 5) is 25.5. The smallest absolute Gasteiger partial charge is 0.319 e. The van der Waals surface area contributed by atoms with Gasteiger partial charge in [0.05, 0.1) is 0 Å². The van der Waals surface area contributed by atoms with E-state index in [1.54, 1.807) is 24.3 Å². The molecule has 0 aromatic heterocycles. The molecular formula is C22H27N3O2S. The first-order valence-corrected chi connectivity index (χ1v) is 10.6. The van der Waals surface area contributed by atoms with Crippen LogP contribution in [0.15, 0.2) is 47.4 Å².